The summed E-state index contributed by atoms with van der Waals surface area (Å²) in [6.07, 6.45) is 0. The molecule has 94 valence electrons. The lowest BCUT2D eigenvalue weighted by atomic mass is 9.98. The van der Waals surface area contributed by atoms with Crippen molar-refractivity contribution >= 4 is 34.8 Å². The molecule has 1 unspecified atom stereocenters. The molecule has 2 aromatic rings. The minimum absolute atomic E-state index is 0.255. The zero-order chi connectivity index (χ0) is 13.3. The monoisotopic (exact) mass is 298 g/mol. The van der Waals surface area contributed by atoms with Crippen LogP contribution in [-0.4, -0.2) is 0 Å². The second kappa shape index (κ2) is 5.52. The molecule has 18 heavy (non-hydrogen) atoms. The zero-order valence-corrected chi connectivity index (χ0v) is 12.4. The Kier molecular flexibility index (Phi) is 4.21. The molecule has 0 aromatic heterocycles. The Bertz CT molecular complexity index is 576. The molecule has 0 saturated heterocycles. The summed E-state index contributed by atoms with van der Waals surface area (Å²) in [6, 6.07) is 11.6. The maximum Gasteiger partial charge on any atom is 0.0852 e. The van der Waals surface area contributed by atoms with Crippen LogP contribution in [0.4, 0.5) is 0 Å². The quantitative estimate of drug-likeness (QED) is 0.602. The third-order valence-electron chi connectivity index (χ3n) is 3.00. The fourth-order valence-corrected chi connectivity index (χ4v) is 2.87. The maximum atomic E-state index is 6.54. The van der Waals surface area contributed by atoms with Crippen LogP contribution in [0.5, 0.6) is 0 Å². The summed E-state index contributed by atoms with van der Waals surface area (Å²) >= 11 is 18.8. The Morgan fingerprint density at radius 2 is 1.50 bits per heavy atom. The molecule has 1 atom stereocenters. The Hall–Kier alpha value is -0.690. The summed E-state index contributed by atoms with van der Waals surface area (Å²) in [5.74, 6) is 0. The van der Waals surface area contributed by atoms with Gasteiger partial charge in [0, 0.05) is 10.0 Å². The molecule has 0 amide bonds. The first-order chi connectivity index (χ1) is 8.50. The SMILES string of the molecule is Cc1cc(C(Cl)c2ccccc2Cl)c(C)cc1Cl. The summed E-state index contributed by atoms with van der Waals surface area (Å²) in [6.45, 7) is 3.98. The summed E-state index contributed by atoms with van der Waals surface area (Å²) in [5.41, 5.74) is 4.07. The molecule has 0 N–H and O–H groups in total. The largest absolute Gasteiger partial charge is 0.113 e. The predicted molar refractivity (Wildman–Crippen MR) is 80.1 cm³/mol. The van der Waals surface area contributed by atoms with Gasteiger partial charge in [0.05, 0.1) is 5.38 Å². The van der Waals surface area contributed by atoms with Crippen molar-refractivity contribution in [3.05, 3.63) is 68.7 Å². The number of aryl methyl sites for hydroxylation is 2. The Balaban J connectivity index is 2.50. The number of halogens is 3. The van der Waals surface area contributed by atoms with Gasteiger partial charge in [0.25, 0.3) is 0 Å². The lowest BCUT2D eigenvalue weighted by Gasteiger charge is -2.16. The number of benzene rings is 2. The fraction of sp³-hybridized carbons (Fsp3) is 0.200. The van der Waals surface area contributed by atoms with E-state index in [1.54, 1.807) is 0 Å². The van der Waals surface area contributed by atoms with Crippen molar-refractivity contribution in [2.45, 2.75) is 19.2 Å². The van der Waals surface area contributed by atoms with Gasteiger partial charge in [-0.15, -0.1) is 11.6 Å². The van der Waals surface area contributed by atoms with E-state index >= 15 is 0 Å². The Labute approximate surface area is 122 Å². The molecular formula is C15H13Cl3. The van der Waals surface area contributed by atoms with E-state index in [9.17, 15) is 0 Å². The van der Waals surface area contributed by atoms with Crippen molar-refractivity contribution in [1.29, 1.82) is 0 Å². The van der Waals surface area contributed by atoms with Crippen LogP contribution in [0.25, 0.3) is 0 Å². The van der Waals surface area contributed by atoms with Crippen LogP contribution < -0.4 is 0 Å². The average Bonchev–Trinajstić information content (AvgIpc) is 2.33. The molecule has 0 bridgehead atoms. The molecule has 0 aliphatic heterocycles. The third kappa shape index (κ3) is 2.66. The highest BCUT2D eigenvalue weighted by molar-refractivity contribution is 6.33. The van der Waals surface area contributed by atoms with E-state index in [-0.39, 0.29) is 5.38 Å². The van der Waals surface area contributed by atoms with Gasteiger partial charge < -0.3 is 0 Å². The molecule has 0 heterocycles. The number of alkyl halides is 1. The van der Waals surface area contributed by atoms with Gasteiger partial charge in [-0.1, -0.05) is 47.5 Å². The van der Waals surface area contributed by atoms with E-state index in [0.717, 1.165) is 27.3 Å². The summed E-state index contributed by atoms with van der Waals surface area (Å²) in [4.78, 5) is 0. The van der Waals surface area contributed by atoms with E-state index in [1.807, 2.05) is 50.2 Å². The van der Waals surface area contributed by atoms with Gasteiger partial charge in [-0.3, -0.25) is 0 Å². The molecule has 0 spiro atoms. The van der Waals surface area contributed by atoms with Crippen LogP contribution in [0.2, 0.25) is 10.0 Å². The summed E-state index contributed by atoms with van der Waals surface area (Å²) in [5, 5.41) is 1.19. The lowest BCUT2D eigenvalue weighted by Crippen LogP contribution is -1.98. The van der Waals surface area contributed by atoms with Gasteiger partial charge in [-0.25, -0.2) is 0 Å². The lowest BCUT2D eigenvalue weighted by molar-refractivity contribution is 1.10. The van der Waals surface area contributed by atoms with Gasteiger partial charge in [0.15, 0.2) is 0 Å². The van der Waals surface area contributed by atoms with Crippen molar-refractivity contribution in [3.63, 3.8) is 0 Å². The topological polar surface area (TPSA) is 0 Å². The van der Waals surface area contributed by atoms with Crippen LogP contribution in [0, 0.1) is 13.8 Å². The molecule has 0 radical (unpaired) electrons. The van der Waals surface area contributed by atoms with Gasteiger partial charge in [0.1, 0.15) is 0 Å². The van der Waals surface area contributed by atoms with E-state index in [2.05, 4.69) is 0 Å². The van der Waals surface area contributed by atoms with Crippen LogP contribution in [0.1, 0.15) is 27.6 Å². The van der Waals surface area contributed by atoms with Gasteiger partial charge in [-0.2, -0.15) is 0 Å². The Morgan fingerprint density at radius 1 is 0.833 bits per heavy atom. The molecule has 0 saturated carbocycles. The smallest absolute Gasteiger partial charge is 0.0852 e. The standard InChI is InChI=1S/C15H13Cl3/c1-9-8-14(17)10(2)7-12(9)15(18)11-5-3-4-6-13(11)16/h3-8,15H,1-2H3. The number of hydrogen-bond acceptors (Lipinski definition) is 0. The Morgan fingerprint density at radius 3 is 2.17 bits per heavy atom. The van der Waals surface area contributed by atoms with Crippen molar-refractivity contribution < 1.29 is 0 Å². The van der Waals surface area contributed by atoms with Crippen LogP contribution in [0.3, 0.4) is 0 Å². The van der Waals surface area contributed by atoms with Gasteiger partial charge >= 0.3 is 0 Å². The van der Waals surface area contributed by atoms with Crippen molar-refractivity contribution in [2.75, 3.05) is 0 Å². The molecule has 2 aromatic carbocycles. The van der Waals surface area contributed by atoms with Crippen LogP contribution >= 0.6 is 34.8 Å². The predicted octanol–water partition coefficient (Wildman–Crippen LogP) is 5.94. The second-order valence-electron chi connectivity index (χ2n) is 4.34. The minimum atomic E-state index is -0.255. The van der Waals surface area contributed by atoms with Crippen LogP contribution in [0.15, 0.2) is 36.4 Å². The van der Waals surface area contributed by atoms with Crippen molar-refractivity contribution in [3.8, 4) is 0 Å². The molecule has 0 fully saturated rings. The molecule has 0 aliphatic carbocycles. The van der Waals surface area contributed by atoms with E-state index < -0.39 is 0 Å². The van der Waals surface area contributed by atoms with Crippen LogP contribution in [-0.2, 0) is 0 Å². The highest BCUT2D eigenvalue weighted by Crippen LogP contribution is 2.36. The molecule has 3 heteroatoms. The summed E-state index contributed by atoms with van der Waals surface area (Å²) in [7, 11) is 0. The molecule has 2 rings (SSSR count). The average molecular weight is 300 g/mol. The fourth-order valence-electron chi connectivity index (χ4n) is 1.92. The highest BCUT2D eigenvalue weighted by atomic mass is 35.5. The first kappa shape index (κ1) is 13.7. The number of hydrogen-bond donors (Lipinski definition) is 0. The van der Waals surface area contributed by atoms with E-state index in [0.29, 0.717) is 5.02 Å². The first-order valence-corrected chi connectivity index (χ1v) is 6.85. The third-order valence-corrected chi connectivity index (χ3v) is 4.22. The molecule has 0 nitrogen and oxygen atoms in total. The highest BCUT2D eigenvalue weighted by Gasteiger charge is 2.16. The minimum Gasteiger partial charge on any atom is -0.113 e. The van der Waals surface area contributed by atoms with Crippen molar-refractivity contribution in [2.24, 2.45) is 0 Å². The maximum absolute atomic E-state index is 6.54. The van der Waals surface area contributed by atoms with Gasteiger partial charge in [-0.05, 0) is 48.2 Å². The first-order valence-electron chi connectivity index (χ1n) is 5.66. The normalized spacial score (nSPS) is 12.5. The van der Waals surface area contributed by atoms with E-state index in [1.165, 1.54) is 0 Å². The number of rotatable bonds is 2. The molecular weight excluding hydrogens is 287 g/mol. The zero-order valence-electron chi connectivity index (χ0n) is 10.2. The molecule has 0 aliphatic rings. The van der Waals surface area contributed by atoms with Gasteiger partial charge in [0.2, 0.25) is 0 Å². The van der Waals surface area contributed by atoms with E-state index in [4.69, 9.17) is 34.8 Å². The van der Waals surface area contributed by atoms with Crippen molar-refractivity contribution in [1.82, 2.24) is 0 Å². The summed E-state index contributed by atoms with van der Waals surface area (Å²) < 4.78 is 0. The second-order valence-corrected chi connectivity index (χ2v) is 5.59.